The van der Waals surface area contributed by atoms with Gasteiger partial charge >= 0.3 is 6.03 Å². The van der Waals surface area contributed by atoms with Crippen LogP contribution >= 0.6 is 0 Å². The van der Waals surface area contributed by atoms with E-state index in [0.717, 1.165) is 22.9 Å². The Morgan fingerprint density at radius 2 is 1.56 bits per heavy atom. The van der Waals surface area contributed by atoms with Crippen LogP contribution in [0.4, 0.5) is 16.2 Å². The molecule has 7 heteroatoms. The lowest BCUT2D eigenvalue weighted by molar-refractivity contribution is 0.0595. The molecule has 3 aromatic carbocycles. The molecule has 0 saturated carbocycles. The number of urea groups is 1. The first-order valence-electron chi connectivity index (χ1n) is 12.2. The summed E-state index contributed by atoms with van der Waals surface area (Å²) in [4.78, 5) is 41.0. The minimum Gasteiger partial charge on any atom is -0.338 e. The molecule has 2 aliphatic rings. The maximum Gasteiger partial charge on any atom is 0.323 e. The van der Waals surface area contributed by atoms with E-state index >= 15 is 0 Å². The molecule has 0 spiro atoms. The molecule has 2 aliphatic heterocycles. The summed E-state index contributed by atoms with van der Waals surface area (Å²) in [5.74, 6) is 0.302. The fraction of sp³-hybridized carbons (Fsp3) is 0.207. The Morgan fingerprint density at radius 3 is 2.39 bits per heavy atom. The molecule has 3 amide bonds. The molecule has 1 saturated heterocycles. The standard InChI is InChI=1S/C29H26N4O3/c34-27(22-11-10-20-6-4-5-7-21(20)15-22)32-16-19-14-23(18-32)26-13-12-25(28(35)33(26)17-19)31-29(36)30-24-8-2-1-3-9-24/h1-13,15,19,23H,14,16-18H2,(H2,30,31,36)/t19-,23-/m1/s1. The van der Waals surface area contributed by atoms with Crippen LogP contribution in [0.5, 0.6) is 0 Å². The second-order valence-corrected chi connectivity index (χ2v) is 9.60. The number of amides is 3. The van der Waals surface area contributed by atoms with Crippen molar-refractivity contribution in [1.29, 1.82) is 0 Å². The van der Waals surface area contributed by atoms with Crippen molar-refractivity contribution < 1.29 is 9.59 Å². The molecule has 1 aromatic heterocycles. The van der Waals surface area contributed by atoms with Crippen LogP contribution in [0.15, 0.2) is 89.7 Å². The Hall–Kier alpha value is -4.39. The van der Waals surface area contributed by atoms with Crippen molar-refractivity contribution in [1.82, 2.24) is 9.47 Å². The van der Waals surface area contributed by atoms with Crippen LogP contribution in [0.1, 0.15) is 28.4 Å². The molecule has 3 heterocycles. The van der Waals surface area contributed by atoms with Crippen molar-refractivity contribution in [2.45, 2.75) is 18.9 Å². The Kier molecular flexibility index (Phi) is 5.52. The topological polar surface area (TPSA) is 83.4 Å². The zero-order valence-corrected chi connectivity index (χ0v) is 19.7. The highest BCUT2D eigenvalue weighted by Gasteiger charge is 2.37. The van der Waals surface area contributed by atoms with Crippen molar-refractivity contribution in [3.63, 3.8) is 0 Å². The van der Waals surface area contributed by atoms with E-state index < -0.39 is 6.03 Å². The number of pyridine rings is 1. The molecule has 36 heavy (non-hydrogen) atoms. The Balaban J connectivity index is 1.20. The molecule has 6 rings (SSSR count). The minimum atomic E-state index is -0.456. The molecule has 2 bridgehead atoms. The normalized spacial score (nSPS) is 18.4. The summed E-state index contributed by atoms with van der Waals surface area (Å²) >= 11 is 0. The van der Waals surface area contributed by atoms with E-state index in [1.54, 1.807) is 22.8 Å². The van der Waals surface area contributed by atoms with Gasteiger partial charge in [0.15, 0.2) is 0 Å². The SMILES string of the molecule is O=C(Nc1ccccc1)Nc1ccc2n(c1=O)C[C@@H]1C[C@@H]2CN(C(=O)c2ccc3ccccc3c2)C1. The van der Waals surface area contributed by atoms with E-state index in [-0.39, 0.29) is 29.0 Å². The van der Waals surface area contributed by atoms with Gasteiger partial charge in [-0.1, -0.05) is 48.5 Å². The minimum absolute atomic E-state index is 0.0297. The highest BCUT2D eigenvalue weighted by molar-refractivity contribution is 6.00. The number of para-hydroxylation sites is 1. The van der Waals surface area contributed by atoms with Gasteiger partial charge in [-0.15, -0.1) is 0 Å². The van der Waals surface area contributed by atoms with Crippen molar-refractivity contribution in [2.75, 3.05) is 23.7 Å². The van der Waals surface area contributed by atoms with Gasteiger partial charge in [0.25, 0.3) is 11.5 Å². The molecule has 0 radical (unpaired) electrons. The quantitative estimate of drug-likeness (QED) is 0.439. The molecule has 0 unspecified atom stereocenters. The van der Waals surface area contributed by atoms with Gasteiger partial charge in [0.05, 0.1) is 0 Å². The van der Waals surface area contributed by atoms with Gasteiger partial charge in [-0.3, -0.25) is 9.59 Å². The van der Waals surface area contributed by atoms with Crippen LogP contribution in [0.2, 0.25) is 0 Å². The molecule has 0 aliphatic carbocycles. The zero-order chi connectivity index (χ0) is 24.6. The van der Waals surface area contributed by atoms with Crippen molar-refractivity contribution >= 4 is 34.1 Å². The summed E-state index contributed by atoms with van der Waals surface area (Å²) in [6, 6.07) is 26.1. The maximum atomic E-state index is 13.4. The van der Waals surface area contributed by atoms with Gasteiger partial charge in [0.2, 0.25) is 0 Å². The van der Waals surface area contributed by atoms with Crippen molar-refractivity contribution in [3.8, 4) is 0 Å². The third-order valence-corrected chi connectivity index (χ3v) is 7.17. The third-order valence-electron chi connectivity index (χ3n) is 7.17. The number of piperidine rings is 1. The average Bonchev–Trinajstić information content (AvgIpc) is 2.90. The highest BCUT2D eigenvalue weighted by atomic mass is 16.2. The Bertz CT molecular complexity index is 1530. The third kappa shape index (κ3) is 4.13. The van der Waals surface area contributed by atoms with Gasteiger partial charge < -0.3 is 20.1 Å². The summed E-state index contributed by atoms with van der Waals surface area (Å²) in [7, 11) is 0. The first-order valence-corrected chi connectivity index (χ1v) is 12.2. The molecule has 2 N–H and O–H groups in total. The van der Waals surface area contributed by atoms with E-state index in [1.807, 2.05) is 71.6 Å². The molecule has 1 fully saturated rings. The second-order valence-electron chi connectivity index (χ2n) is 9.60. The van der Waals surface area contributed by atoms with Gasteiger partial charge in [-0.05, 0) is 59.5 Å². The van der Waals surface area contributed by atoms with E-state index in [2.05, 4.69) is 10.6 Å². The van der Waals surface area contributed by atoms with Gasteiger partial charge in [0.1, 0.15) is 5.69 Å². The Labute approximate surface area is 208 Å². The lowest BCUT2D eigenvalue weighted by atomic mass is 9.83. The second kappa shape index (κ2) is 9.00. The van der Waals surface area contributed by atoms with Crippen LogP contribution < -0.4 is 16.2 Å². The number of carbonyl (C=O) groups is 2. The number of carbonyl (C=O) groups excluding carboxylic acids is 2. The molecular weight excluding hydrogens is 452 g/mol. The van der Waals surface area contributed by atoms with E-state index in [9.17, 15) is 14.4 Å². The number of fused-ring (bicyclic) bond motifs is 5. The Morgan fingerprint density at radius 1 is 0.778 bits per heavy atom. The lowest BCUT2D eigenvalue weighted by Crippen LogP contribution is -2.49. The number of rotatable bonds is 3. The molecule has 180 valence electrons. The fourth-order valence-electron chi connectivity index (χ4n) is 5.52. The van der Waals surface area contributed by atoms with Crippen molar-refractivity contribution in [3.05, 3.63) is 107 Å². The first-order chi connectivity index (χ1) is 17.5. The zero-order valence-electron chi connectivity index (χ0n) is 19.7. The number of likely N-dealkylation sites (tertiary alicyclic amines) is 1. The predicted molar refractivity (Wildman–Crippen MR) is 140 cm³/mol. The van der Waals surface area contributed by atoms with Crippen molar-refractivity contribution in [2.24, 2.45) is 5.92 Å². The van der Waals surface area contributed by atoms with E-state index in [4.69, 9.17) is 0 Å². The average molecular weight is 479 g/mol. The predicted octanol–water partition coefficient (Wildman–Crippen LogP) is 4.91. The van der Waals surface area contributed by atoms with Gasteiger partial charge in [0, 0.05) is 42.5 Å². The monoisotopic (exact) mass is 478 g/mol. The van der Waals surface area contributed by atoms with E-state index in [0.29, 0.717) is 30.9 Å². The highest BCUT2D eigenvalue weighted by Crippen LogP contribution is 2.36. The fourth-order valence-corrected chi connectivity index (χ4v) is 5.52. The summed E-state index contributed by atoms with van der Waals surface area (Å²) in [5.41, 5.74) is 2.30. The summed E-state index contributed by atoms with van der Waals surface area (Å²) in [6.07, 6.45) is 0.947. The molecule has 4 aromatic rings. The number of hydrogen-bond acceptors (Lipinski definition) is 3. The summed E-state index contributed by atoms with van der Waals surface area (Å²) in [6.45, 7) is 1.71. The maximum absolute atomic E-state index is 13.4. The van der Waals surface area contributed by atoms with Crippen LogP contribution in [-0.2, 0) is 6.54 Å². The van der Waals surface area contributed by atoms with E-state index in [1.165, 1.54) is 0 Å². The largest absolute Gasteiger partial charge is 0.338 e. The van der Waals surface area contributed by atoms with Crippen LogP contribution in [0.25, 0.3) is 10.8 Å². The number of aromatic nitrogens is 1. The van der Waals surface area contributed by atoms with Crippen LogP contribution in [0.3, 0.4) is 0 Å². The van der Waals surface area contributed by atoms with Crippen LogP contribution in [-0.4, -0.2) is 34.5 Å². The van der Waals surface area contributed by atoms with Crippen LogP contribution in [0, 0.1) is 5.92 Å². The number of benzene rings is 3. The number of hydrogen-bond donors (Lipinski definition) is 2. The summed E-state index contributed by atoms with van der Waals surface area (Å²) in [5, 5.41) is 7.59. The number of nitrogens with zero attached hydrogens (tertiary/aromatic N) is 2. The number of anilines is 2. The van der Waals surface area contributed by atoms with Gasteiger partial charge in [-0.25, -0.2) is 4.79 Å². The smallest absolute Gasteiger partial charge is 0.323 e. The molecule has 7 nitrogen and oxygen atoms in total. The van der Waals surface area contributed by atoms with Gasteiger partial charge in [-0.2, -0.15) is 0 Å². The summed E-state index contributed by atoms with van der Waals surface area (Å²) < 4.78 is 1.77. The molecular formula is C29H26N4O3. The first kappa shape index (κ1) is 22.1. The molecule has 2 atom stereocenters. The number of nitrogens with one attached hydrogen (secondary N) is 2. The lowest BCUT2D eigenvalue weighted by Gasteiger charge is -2.43.